The first kappa shape index (κ1) is 12.7. The molecule has 0 atom stereocenters. The zero-order valence-corrected chi connectivity index (χ0v) is 11.2. The Labute approximate surface area is 118 Å². The maximum absolute atomic E-state index is 12.3. The van der Waals surface area contributed by atoms with Crippen molar-refractivity contribution in [1.29, 1.82) is 0 Å². The van der Waals surface area contributed by atoms with Crippen LogP contribution in [0.25, 0.3) is 11.3 Å². The van der Waals surface area contributed by atoms with Crippen LogP contribution < -0.4 is 5.73 Å². The van der Waals surface area contributed by atoms with Crippen LogP contribution in [-0.2, 0) is 0 Å². The number of carbonyl (C=O) groups is 1. The normalized spacial score (nSPS) is 14.5. The van der Waals surface area contributed by atoms with Crippen molar-refractivity contribution < 1.29 is 4.79 Å². The first-order valence-corrected chi connectivity index (χ1v) is 6.87. The summed E-state index contributed by atoms with van der Waals surface area (Å²) in [6.45, 7) is 1.64. The largest absolute Gasteiger partial charge is 0.383 e. The molecule has 0 aliphatic carbocycles. The molecule has 1 aliphatic rings. The van der Waals surface area contributed by atoms with Crippen molar-refractivity contribution in [2.45, 2.75) is 12.8 Å². The van der Waals surface area contributed by atoms with E-state index in [1.54, 1.807) is 6.07 Å². The molecule has 4 nitrogen and oxygen atoms in total. The summed E-state index contributed by atoms with van der Waals surface area (Å²) in [5.41, 5.74) is 8.27. The lowest BCUT2D eigenvalue weighted by Gasteiger charge is -2.16. The third kappa shape index (κ3) is 2.37. The van der Waals surface area contributed by atoms with E-state index in [1.165, 1.54) is 0 Å². The number of benzene rings is 1. The molecule has 1 fully saturated rings. The Hall–Kier alpha value is -2.36. The molecule has 2 N–H and O–H groups in total. The van der Waals surface area contributed by atoms with E-state index in [-0.39, 0.29) is 5.91 Å². The Bertz CT molecular complexity index is 619. The molecule has 0 radical (unpaired) electrons. The molecule has 1 amide bonds. The third-order valence-electron chi connectivity index (χ3n) is 3.62. The second kappa shape index (κ2) is 5.33. The minimum atomic E-state index is -0.00730. The Morgan fingerprint density at radius 3 is 2.40 bits per heavy atom. The van der Waals surface area contributed by atoms with Crippen molar-refractivity contribution in [3.63, 3.8) is 0 Å². The van der Waals surface area contributed by atoms with Gasteiger partial charge in [0.05, 0.1) is 11.3 Å². The van der Waals surface area contributed by atoms with Gasteiger partial charge in [-0.25, -0.2) is 4.98 Å². The molecule has 0 unspecified atom stereocenters. The van der Waals surface area contributed by atoms with Crippen LogP contribution in [0.2, 0.25) is 0 Å². The summed E-state index contributed by atoms with van der Waals surface area (Å²) >= 11 is 0. The average molecular weight is 267 g/mol. The van der Waals surface area contributed by atoms with Gasteiger partial charge in [0.2, 0.25) is 0 Å². The zero-order chi connectivity index (χ0) is 13.9. The number of pyridine rings is 1. The Balaban J connectivity index is 1.90. The standard InChI is InChI=1S/C16H17N3O/c17-15-13(16(20)19-10-4-5-11-19)8-9-14(18-15)12-6-2-1-3-7-12/h1-3,6-9H,4-5,10-11H2,(H2,17,18). The monoisotopic (exact) mass is 267 g/mol. The zero-order valence-electron chi connectivity index (χ0n) is 11.2. The second-order valence-electron chi connectivity index (χ2n) is 4.99. The molecule has 20 heavy (non-hydrogen) atoms. The van der Waals surface area contributed by atoms with Crippen molar-refractivity contribution in [3.8, 4) is 11.3 Å². The van der Waals surface area contributed by atoms with E-state index in [9.17, 15) is 4.79 Å². The van der Waals surface area contributed by atoms with Crippen molar-refractivity contribution in [3.05, 3.63) is 48.0 Å². The fourth-order valence-electron chi connectivity index (χ4n) is 2.52. The van der Waals surface area contributed by atoms with Gasteiger partial charge in [0, 0.05) is 18.7 Å². The minimum Gasteiger partial charge on any atom is -0.383 e. The first-order chi connectivity index (χ1) is 9.75. The van der Waals surface area contributed by atoms with Crippen LogP contribution >= 0.6 is 0 Å². The lowest BCUT2D eigenvalue weighted by Crippen LogP contribution is -2.28. The number of rotatable bonds is 2. The summed E-state index contributed by atoms with van der Waals surface area (Å²) in [7, 11) is 0. The molecular weight excluding hydrogens is 250 g/mol. The second-order valence-corrected chi connectivity index (χ2v) is 4.99. The van der Waals surface area contributed by atoms with Gasteiger partial charge in [0.1, 0.15) is 5.82 Å². The van der Waals surface area contributed by atoms with E-state index in [0.29, 0.717) is 11.4 Å². The predicted octanol–water partition coefficient (Wildman–Crippen LogP) is 2.57. The summed E-state index contributed by atoms with van der Waals surface area (Å²) in [4.78, 5) is 18.5. The van der Waals surface area contributed by atoms with Crippen molar-refractivity contribution in [1.82, 2.24) is 9.88 Å². The average Bonchev–Trinajstić information content (AvgIpc) is 3.01. The van der Waals surface area contributed by atoms with Crippen LogP contribution in [0.5, 0.6) is 0 Å². The molecule has 0 bridgehead atoms. The lowest BCUT2D eigenvalue weighted by molar-refractivity contribution is 0.0793. The van der Waals surface area contributed by atoms with Crippen LogP contribution in [-0.4, -0.2) is 28.9 Å². The van der Waals surface area contributed by atoms with Crippen LogP contribution in [0.4, 0.5) is 5.82 Å². The number of nitrogen functional groups attached to an aromatic ring is 1. The molecule has 2 heterocycles. The number of hydrogen-bond acceptors (Lipinski definition) is 3. The Morgan fingerprint density at radius 2 is 1.75 bits per heavy atom. The molecule has 1 aromatic carbocycles. The maximum Gasteiger partial charge on any atom is 0.257 e. The predicted molar refractivity (Wildman–Crippen MR) is 79.2 cm³/mol. The van der Waals surface area contributed by atoms with Crippen LogP contribution in [0, 0.1) is 0 Å². The molecule has 4 heteroatoms. The van der Waals surface area contributed by atoms with Gasteiger partial charge in [-0.2, -0.15) is 0 Å². The molecule has 1 aliphatic heterocycles. The van der Waals surface area contributed by atoms with Gasteiger partial charge in [-0.3, -0.25) is 4.79 Å². The molecule has 102 valence electrons. The lowest BCUT2D eigenvalue weighted by atomic mass is 10.1. The van der Waals surface area contributed by atoms with Gasteiger partial charge >= 0.3 is 0 Å². The van der Waals surface area contributed by atoms with Gasteiger partial charge in [0.15, 0.2) is 0 Å². The molecule has 0 spiro atoms. The minimum absolute atomic E-state index is 0.00730. The summed E-state index contributed by atoms with van der Waals surface area (Å²) < 4.78 is 0. The molecule has 1 saturated heterocycles. The van der Waals surface area contributed by atoms with Crippen molar-refractivity contribution >= 4 is 11.7 Å². The maximum atomic E-state index is 12.3. The smallest absolute Gasteiger partial charge is 0.257 e. The highest BCUT2D eigenvalue weighted by Gasteiger charge is 2.21. The number of nitrogens with two attached hydrogens (primary N) is 1. The Kier molecular flexibility index (Phi) is 3.37. The molecule has 0 saturated carbocycles. The van der Waals surface area contributed by atoms with E-state index in [2.05, 4.69) is 4.98 Å². The van der Waals surface area contributed by atoms with Crippen molar-refractivity contribution in [2.75, 3.05) is 18.8 Å². The van der Waals surface area contributed by atoms with E-state index >= 15 is 0 Å². The summed E-state index contributed by atoms with van der Waals surface area (Å²) in [5.74, 6) is 0.301. The fraction of sp³-hybridized carbons (Fsp3) is 0.250. The van der Waals surface area contributed by atoms with E-state index < -0.39 is 0 Å². The number of aromatic nitrogens is 1. The van der Waals surface area contributed by atoms with E-state index in [4.69, 9.17) is 5.73 Å². The number of nitrogens with zero attached hydrogens (tertiary/aromatic N) is 2. The molecular formula is C16H17N3O. The summed E-state index contributed by atoms with van der Waals surface area (Å²) in [6.07, 6.45) is 2.14. The number of hydrogen-bond donors (Lipinski definition) is 1. The molecule has 3 rings (SSSR count). The highest BCUT2D eigenvalue weighted by molar-refractivity contribution is 5.98. The highest BCUT2D eigenvalue weighted by atomic mass is 16.2. The number of amides is 1. The van der Waals surface area contributed by atoms with Crippen LogP contribution in [0.1, 0.15) is 23.2 Å². The van der Waals surface area contributed by atoms with Crippen LogP contribution in [0.15, 0.2) is 42.5 Å². The van der Waals surface area contributed by atoms with Gasteiger partial charge in [0.25, 0.3) is 5.91 Å². The molecule has 1 aromatic heterocycles. The van der Waals surface area contributed by atoms with Crippen molar-refractivity contribution in [2.24, 2.45) is 0 Å². The first-order valence-electron chi connectivity index (χ1n) is 6.87. The van der Waals surface area contributed by atoms with Gasteiger partial charge in [-0.15, -0.1) is 0 Å². The highest BCUT2D eigenvalue weighted by Crippen LogP contribution is 2.22. The number of likely N-dealkylation sites (tertiary alicyclic amines) is 1. The van der Waals surface area contributed by atoms with Gasteiger partial charge in [-0.1, -0.05) is 30.3 Å². The summed E-state index contributed by atoms with van der Waals surface area (Å²) in [5, 5.41) is 0. The summed E-state index contributed by atoms with van der Waals surface area (Å²) in [6, 6.07) is 13.5. The quantitative estimate of drug-likeness (QED) is 0.909. The van der Waals surface area contributed by atoms with E-state index in [0.717, 1.165) is 37.2 Å². The number of anilines is 1. The topological polar surface area (TPSA) is 59.2 Å². The fourth-order valence-corrected chi connectivity index (χ4v) is 2.52. The Morgan fingerprint density at radius 1 is 1.05 bits per heavy atom. The molecule has 2 aromatic rings. The third-order valence-corrected chi connectivity index (χ3v) is 3.62. The number of carbonyl (C=O) groups excluding carboxylic acids is 1. The SMILES string of the molecule is Nc1nc(-c2ccccc2)ccc1C(=O)N1CCCC1. The van der Waals surface area contributed by atoms with E-state index in [1.807, 2.05) is 41.3 Å². The van der Waals surface area contributed by atoms with Gasteiger partial charge in [-0.05, 0) is 25.0 Å². The van der Waals surface area contributed by atoms with Gasteiger partial charge < -0.3 is 10.6 Å². The van der Waals surface area contributed by atoms with Crippen LogP contribution in [0.3, 0.4) is 0 Å².